The lowest BCUT2D eigenvalue weighted by Gasteiger charge is -2.15. The molecule has 0 spiro atoms. The van der Waals surface area contributed by atoms with Crippen molar-refractivity contribution in [3.8, 4) is 0 Å². The van der Waals surface area contributed by atoms with Crippen LogP contribution in [-0.4, -0.2) is 30.4 Å². The highest BCUT2D eigenvalue weighted by Gasteiger charge is 2.24. The number of nitrogens with zero attached hydrogens (tertiary/aromatic N) is 2. The van der Waals surface area contributed by atoms with Gasteiger partial charge in [0.05, 0.1) is 17.1 Å². The minimum absolute atomic E-state index is 0.354. The Morgan fingerprint density at radius 1 is 1.32 bits per heavy atom. The van der Waals surface area contributed by atoms with Crippen LogP contribution in [0.25, 0.3) is 10.9 Å². The summed E-state index contributed by atoms with van der Waals surface area (Å²) in [4.78, 5) is 11.8. The second kappa shape index (κ2) is 8.33. The number of halogens is 2. The average Bonchev–Trinajstić information content (AvgIpc) is 2.82. The zero-order valence-corrected chi connectivity index (χ0v) is 19.3. The predicted molar refractivity (Wildman–Crippen MR) is 111 cm³/mol. The fourth-order valence-corrected chi connectivity index (χ4v) is 4.04. The minimum atomic E-state index is -1.13. The average molecular weight is 491 g/mol. The number of rotatable bonds is 8. The molecule has 2 rings (SSSR count). The Labute approximate surface area is 166 Å². The van der Waals surface area contributed by atoms with Crippen LogP contribution in [-0.2, 0) is 16.3 Å². The molecule has 0 aliphatic rings. The van der Waals surface area contributed by atoms with Crippen LogP contribution in [0.4, 0.5) is 0 Å². The van der Waals surface area contributed by atoms with Crippen LogP contribution in [0, 0.1) is 0 Å². The van der Waals surface area contributed by atoms with E-state index in [9.17, 15) is 4.79 Å². The summed E-state index contributed by atoms with van der Waals surface area (Å²) < 4.78 is 9.52. The summed E-state index contributed by atoms with van der Waals surface area (Å²) in [6.07, 6.45) is 0.617. The number of fused-ring (bicyclic) bond motifs is 1. The number of ether oxygens (including phenoxy) is 1. The van der Waals surface area contributed by atoms with Crippen molar-refractivity contribution in [3.05, 3.63) is 26.8 Å². The molecule has 5 nitrogen and oxygen atoms in total. The SMILES string of the molecule is CCC(C(N)=O)c1nn(COCC[Si](C)(C)C)c2cc(Br)c(Br)cc12. The maximum absolute atomic E-state index is 11.8. The third-order valence-corrected chi connectivity index (χ3v) is 7.66. The zero-order chi connectivity index (χ0) is 18.8. The molecule has 8 heteroatoms. The minimum Gasteiger partial charge on any atom is -0.369 e. The maximum atomic E-state index is 11.8. The van der Waals surface area contributed by atoms with E-state index >= 15 is 0 Å². The van der Waals surface area contributed by atoms with Crippen LogP contribution in [0.2, 0.25) is 25.7 Å². The van der Waals surface area contributed by atoms with Gasteiger partial charge < -0.3 is 10.5 Å². The van der Waals surface area contributed by atoms with Crippen molar-refractivity contribution in [2.24, 2.45) is 5.73 Å². The highest BCUT2D eigenvalue weighted by molar-refractivity contribution is 9.13. The standard InChI is InChI=1S/C17H25Br2N3O2Si/c1-5-11(17(20)23)16-12-8-13(18)14(19)9-15(12)22(21-16)10-24-6-7-25(2,3)4/h8-9,11H,5-7,10H2,1-4H3,(H2,20,23). The van der Waals surface area contributed by atoms with Gasteiger partial charge in [-0.3, -0.25) is 4.79 Å². The number of amides is 1. The monoisotopic (exact) mass is 489 g/mol. The maximum Gasteiger partial charge on any atom is 0.226 e. The lowest BCUT2D eigenvalue weighted by Crippen LogP contribution is -2.22. The molecule has 2 aromatic rings. The smallest absolute Gasteiger partial charge is 0.226 e. The topological polar surface area (TPSA) is 70.1 Å². The Morgan fingerprint density at radius 2 is 1.96 bits per heavy atom. The number of benzene rings is 1. The van der Waals surface area contributed by atoms with Crippen LogP contribution in [0.1, 0.15) is 25.0 Å². The molecule has 2 N–H and O–H groups in total. The lowest BCUT2D eigenvalue weighted by atomic mass is 9.99. The van der Waals surface area contributed by atoms with Gasteiger partial charge in [-0.15, -0.1) is 0 Å². The van der Waals surface area contributed by atoms with Crippen LogP contribution in [0.5, 0.6) is 0 Å². The van der Waals surface area contributed by atoms with Gasteiger partial charge in [-0.25, -0.2) is 4.68 Å². The number of carbonyl (C=O) groups is 1. The predicted octanol–water partition coefficient (Wildman–Crippen LogP) is 4.85. The summed E-state index contributed by atoms with van der Waals surface area (Å²) in [5, 5.41) is 5.58. The first kappa shape index (κ1) is 20.6. The molecular weight excluding hydrogens is 466 g/mol. The second-order valence-electron chi connectivity index (χ2n) is 7.38. The van der Waals surface area contributed by atoms with Crippen molar-refractivity contribution >= 4 is 56.7 Å². The summed E-state index contributed by atoms with van der Waals surface area (Å²) in [6, 6.07) is 5.07. The zero-order valence-electron chi connectivity index (χ0n) is 15.1. The molecule has 0 bridgehead atoms. The van der Waals surface area contributed by atoms with E-state index in [1.807, 2.05) is 23.7 Å². The fourth-order valence-electron chi connectivity index (χ4n) is 2.61. The summed E-state index contributed by atoms with van der Waals surface area (Å²) >= 11 is 7.06. The molecule has 0 aliphatic heterocycles. The second-order valence-corrected chi connectivity index (χ2v) is 14.7. The van der Waals surface area contributed by atoms with Gasteiger partial charge in [0, 0.05) is 29.0 Å². The molecule has 0 aliphatic carbocycles. The molecule has 1 aromatic carbocycles. The third-order valence-electron chi connectivity index (χ3n) is 4.11. The van der Waals surface area contributed by atoms with Crippen LogP contribution < -0.4 is 5.73 Å². The first-order valence-electron chi connectivity index (χ1n) is 8.36. The van der Waals surface area contributed by atoms with Gasteiger partial charge in [-0.1, -0.05) is 26.6 Å². The van der Waals surface area contributed by atoms with E-state index in [1.165, 1.54) is 0 Å². The summed E-state index contributed by atoms with van der Waals surface area (Å²) in [6.45, 7) is 10.0. The van der Waals surface area contributed by atoms with Crippen LogP contribution in [0.15, 0.2) is 21.1 Å². The molecule has 25 heavy (non-hydrogen) atoms. The number of hydrogen-bond acceptors (Lipinski definition) is 3. The molecule has 1 atom stereocenters. The fraction of sp³-hybridized carbons (Fsp3) is 0.529. The van der Waals surface area contributed by atoms with Gasteiger partial charge in [0.2, 0.25) is 5.91 Å². The Morgan fingerprint density at radius 3 is 2.52 bits per heavy atom. The normalized spacial score (nSPS) is 13.4. The van der Waals surface area contributed by atoms with Crippen molar-refractivity contribution in [1.29, 1.82) is 0 Å². The van der Waals surface area contributed by atoms with Crippen LogP contribution >= 0.6 is 31.9 Å². The van der Waals surface area contributed by atoms with Gasteiger partial charge in [0.15, 0.2) is 0 Å². The van der Waals surface area contributed by atoms with E-state index in [0.717, 1.165) is 32.5 Å². The molecule has 1 unspecified atom stereocenters. The molecular formula is C17H25Br2N3O2Si. The largest absolute Gasteiger partial charge is 0.369 e. The molecule has 1 heterocycles. The van der Waals surface area contributed by atoms with Gasteiger partial charge >= 0.3 is 0 Å². The van der Waals surface area contributed by atoms with E-state index in [1.54, 1.807) is 0 Å². The van der Waals surface area contributed by atoms with E-state index in [2.05, 4.69) is 56.6 Å². The Balaban J connectivity index is 2.36. The molecule has 0 radical (unpaired) electrons. The Bertz CT molecular complexity index is 771. The molecule has 0 saturated carbocycles. The number of primary amides is 1. The van der Waals surface area contributed by atoms with E-state index < -0.39 is 14.0 Å². The van der Waals surface area contributed by atoms with Gasteiger partial charge in [0.25, 0.3) is 0 Å². The first-order chi connectivity index (χ1) is 11.6. The van der Waals surface area contributed by atoms with Crippen molar-refractivity contribution in [2.45, 2.75) is 51.7 Å². The quantitative estimate of drug-likeness (QED) is 0.424. The lowest BCUT2D eigenvalue weighted by molar-refractivity contribution is -0.119. The molecule has 1 amide bonds. The molecule has 138 valence electrons. The number of hydrogen-bond donors (Lipinski definition) is 1. The van der Waals surface area contributed by atoms with E-state index in [4.69, 9.17) is 10.5 Å². The Kier molecular flexibility index (Phi) is 6.86. The van der Waals surface area contributed by atoms with Gasteiger partial charge in [-0.2, -0.15) is 5.10 Å². The van der Waals surface area contributed by atoms with Gasteiger partial charge in [-0.05, 0) is 56.5 Å². The molecule has 0 saturated heterocycles. The van der Waals surface area contributed by atoms with Gasteiger partial charge in [0.1, 0.15) is 6.73 Å². The van der Waals surface area contributed by atoms with Crippen molar-refractivity contribution in [2.75, 3.05) is 6.61 Å². The summed E-state index contributed by atoms with van der Waals surface area (Å²) in [5.41, 5.74) is 7.22. The number of nitrogens with two attached hydrogens (primary N) is 1. The van der Waals surface area contributed by atoms with Crippen molar-refractivity contribution in [1.82, 2.24) is 9.78 Å². The van der Waals surface area contributed by atoms with E-state index in [-0.39, 0.29) is 5.91 Å². The summed E-state index contributed by atoms with van der Waals surface area (Å²) in [7, 11) is -1.13. The number of aromatic nitrogens is 2. The van der Waals surface area contributed by atoms with Crippen molar-refractivity contribution < 1.29 is 9.53 Å². The molecule has 1 aromatic heterocycles. The number of carbonyl (C=O) groups excluding carboxylic acids is 1. The molecule has 0 fully saturated rings. The Hall–Kier alpha value is -0.703. The summed E-state index contributed by atoms with van der Waals surface area (Å²) in [5.74, 6) is -0.758. The van der Waals surface area contributed by atoms with E-state index in [0.29, 0.717) is 18.8 Å². The van der Waals surface area contributed by atoms with Crippen LogP contribution in [0.3, 0.4) is 0 Å². The highest BCUT2D eigenvalue weighted by Crippen LogP contribution is 2.34. The highest BCUT2D eigenvalue weighted by atomic mass is 79.9. The van der Waals surface area contributed by atoms with Crippen molar-refractivity contribution in [3.63, 3.8) is 0 Å². The third kappa shape index (κ3) is 5.15. The first-order valence-corrected chi connectivity index (χ1v) is 13.7.